The molecule has 0 aliphatic heterocycles. The maximum Gasteiger partial charge on any atom is 0.227 e. The summed E-state index contributed by atoms with van der Waals surface area (Å²) in [5.41, 5.74) is 2.00. The Morgan fingerprint density at radius 3 is 2.80 bits per heavy atom. The zero-order valence-corrected chi connectivity index (χ0v) is 15.1. The number of hydrogen-bond donors (Lipinski definition) is 1. The molecule has 0 aliphatic rings. The van der Waals surface area contributed by atoms with E-state index in [1.165, 1.54) is 0 Å². The van der Waals surface area contributed by atoms with Crippen molar-refractivity contribution in [1.82, 2.24) is 19.6 Å². The van der Waals surface area contributed by atoms with Crippen molar-refractivity contribution in [3.8, 4) is 0 Å². The molecule has 0 radical (unpaired) electrons. The molecule has 0 saturated heterocycles. The number of hydrogen-bond acceptors (Lipinski definition) is 3. The van der Waals surface area contributed by atoms with Gasteiger partial charge in [-0.15, -0.1) is 0 Å². The first-order chi connectivity index (χ1) is 12.0. The van der Waals surface area contributed by atoms with E-state index in [1.807, 2.05) is 41.9 Å². The average Bonchev–Trinajstić information content (AvgIpc) is 3.11. The third-order valence-corrected chi connectivity index (χ3v) is 4.07. The van der Waals surface area contributed by atoms with Gasteiger partial charge in [0.05, 0.1) is 17.8 Å². The van der Waals surface area contributed by atoms with Crippen molar-refractivity contribution >= 4 is 34.9 Å². The van der Waals surface area contributed by atoms with Crippen LogP contribution in [0.1, 0.15) is 17.7 Å². The molecule has 6 nitrogen and oxygen atoms in total. The van der Waals surface area contributed by atoms with E-state index < -0.39 is 0 Å². The Bertz CT molecular complexity index is 887. The number of aryl methyl sites for hydroxylation is 2. The Morgan fingerprint density at radius 1 is 1.24 bits per heavy atom. The second-order valence-corrected chi connectivity index (χ2v) is 6.55. The first kappa shape index (κ1) is 17.5. The highest BCUT2D eigenvalue weighted by Crippen LogP contribution is 2.15. The van der Waals surface area contributed by atoms with Gasteiger partial charge < -0.3 is 5.32 Å². The molecule has 0 bridgehead atoms. The molecule has 2 heterocycles. The summed E-state index contributed by atoms with van der Waals surface area (Å²) < 4.78 is 3.46. The van der Waals surface area contributed by atoms with Gasteiger partial charge >= 0.3 is 0 Å². The predicted molar refractivity (Wildman–Crippen MR) is 98.0 cm³/mol. The van der Waals surface area contributed by atoms with Gasteiger partial charge in [-0.2, -0.15) is 10.2 Å². The van der Waals surface area contributed by atoms with Gasteiger partial charge in [-0.25, -0.2) is 0 Å². The standard InChI is InChI=1S/C17H17Cl2N5O/c1-12-7-16(21-17(25)5-6-23-11-15(19)9-20-23)22-24(12)10-13-3-2-4-14(18)8-13/h2-4,7-9,11H,5-6,10H2,1H3,(H,21,22,25). The molecule has 0 spiro atoms. The fourth-order valence-electron chi connectivity index (χ4n) is 2.42. The van der Waals surface area contributed by atoms with E-state index in [-0.39, 0.29) is 12.3 Å². The summed E-state index contributed by atoms with van der Waals surface area (Å²) in [6, 6.07) is 9.46. The molecular formula is C17H17Cl2N5O. The minimum Gasteiger partial charge on any atom is -0.309 e. The molecular weight excluding hydrogens is 361 g/mol. The van der Waals surface area contributed by atoms with Crippen LogP contribution in [-0.4, -0.2) is 25.5 Å². The van der Waals surface area contributed by atoms with E-state index in [0.29, 0.717) is 29.0 Å². The SMILES string of the molecule is Cc1cc(NC(=O)CCn2cc(Cl)cn2)nn1Cc1cccc(Cl)c1. The van der Waals surface area contributed by atoms with Crippen molar-refractivity contribution in [3.05, 3.63) is 64.0 Å². The van der Waals surface area contributed by atoms with Gasteiger partial charge in [0.1, 0.15) is 0 Å². The minimum atomic E-state index is -0.126. The number of anilines is 1. The van der Waals surface area contributed by atoms with Gasteiger partial charge in [0.2, 0.25) is 5.91 Å². The second kappa shape index (κ2) is 7.72. The number of benzene rings is 1. The van der Waals surface area contributed by atoms with Crippen LogP contribution in [0.3, 0.4) is 0 Å². The van der Waals surface area contributed by atoms with Gasteiger partial charge in [0, 0.05) is 35.9 Å². The zero-order valence-electron chi connectivity index (χ0n) is 13.6. The normalized spacial score (nSPS) is 10.8. The van der Waals surface area contributed by atoms with Crippen LogP contribution in [0.4, 0.5) is 5.82 Å². The molecule has 0 atom stereocenters. The van der Waals surface area contributed by atoms with E-state index >= 15 is 0 Å². The smallest absolute Gasteiger partial charge is 0.227 e. The molecule has 1 amide bonds. The number of nitrogens with zero attached hydrogens (tertiary/aromatic N) is 4. The predicted octanol–water partition coefficient (Wildman–Crippen LogP) is 3.77. The lowest BCUT2D eigenvalue weighted by atomic mass is 10.2. The van der Waals surface area contributed by atoms with Crippen molar-refractivity contribution < 1.29 is 4.79 Å². The second-order valence-electron chi connectivity index (χ2n) is 5.68. The van der Waals surface area contributed by atoms with Crippen LogP contribution in [0, 0.1) is 6.92 Å². The van der Waals surface area contributed by atoms with Crippen LogP contribution in [0.25, 0.3) is 0 Å². The third-order valence-electron chi connectivity index (χ3n) is 3.64. The van der Waals surface area contributed by atoms with E-state index in [0.717, 1.165) is 11.3 Å². The average molecular weight is 378 g/mol. The molecule has 130 valence electrons. The quantitative estimate of drug-likeness (QED) is 0.710. The van der Waals surface area contributed by atoms with Gasteiger partial charge in [0.25, 0.3) is 0 Å². The molecule has 1 N–H and O–H groups in total. The zero-order chi connectivity index (χ0) is 17.8. The van der Waals surface area contributed by atoms with Crippen LogP contribution < -0.4 is 5.32 Å². The van der Waals surface area contributed by atoms with Gasteiger partial charge in [-0.1, -0.05) is 35.3 Å². The number of carbonyl (C=O) groups is 1. The van der Waals surface area contributed by atoms with Crippen LogP contribution in [-0.2, 0) is 17.9 Å². The number of aromatic nitrogens is 4. The van der Waals surface area contributed by atoms with Crippen molar-refractivity contribution in [3.63, 3.8) is 0 Å². The first-order valence-electron chi connectivity index (χ1n) is 7.76. The molecule has 0 saturated carbocycles. The Morgan fingerprint density at radius 2 is 2.08 bits per heavy atom. The highest BCUT2D eigenvalue weighted by Gasteiger charge is 2.09. The number of halogens is 2. The lowest BCUT2D eigenvalue weighted by molar-refractivity contribution is -0.116. The summed E-state index contributed by atoms with van der Waals surface area (Å²) in [6.07, 6.45) is 3.51. The summed E-state index contributed by atoms with van der Waals surface area (Å²) in [5.74, 6) is 0.405. The van der Waals surface area contributed by atoms with Gasteiger partial charge in [-0.05, 0) is 24.6 Å². The Hall–Kier alpha value is -2.31. The monoisotopic (exact) mass is 377 g/mol. The van der Waals surface area contributed by atoms with Crippen LogP contribution >= 0.6 is 23.2 Å². The Labute approximate surface area is 155 Å². The summed E-state index contributed by atoms with van der Waals surface area (Å²) in [5, 5.41) is 12.5. The Balaban J connectivity index is 1.58. The van der Waals surface area contributed by atoms with E-state index in [1.54, 1.807) is 17.1 Å². The molecule has 2 aromatic heterocycles. The molecule has 0 fully saturated rings. The molecule has 25 heavy (non-hydrogen) atoms. The van der Waals surface area contributed by atoms with Crippen LogP contribution in [0.15, 0.2) is 42.7 Å². The first-order valence-corrected chi connectivity index (χ1v) is 8.52. The maximum absolute atomic E-state index is 12.1. The number of nitrogens with one attached hydrogen (secondary N) is 1. The highest BCUT2D eigenvalue weighted by molar-refractivity contribution is 6.30. The molecule has 3 rings (SSSR count). The highest BCUT2D eigenvalue weighted by atomic mass is 35.5. The number of rotatable bonds is 6. The summed E-state index contributed by atoms with van der Waals surface area (Å²) >= 11 is 11.8. The fraction of sp³-hybridized carbons (Fsp3) is 0.235. The number of amides is 1. The lowest BCUT2D eigenvalue weighted by Crippen LogP contribution is -2.15. The van der Waals surface area contributed by atoms with E-state index in [4.69, 9.17) is 23.2 Å². The minimum absolute atomic E-state index is 0.126. The number of carbonyl (C=O) groups excluding carboxylic acids is 1. The maximum atomic E-state index is 12.1. The molecule has 8 heteroatoms. The summed E-state index contributed by atoms with van der Waals surface area (Å²) in [7, 11) is 0. The van der Waals surface area contributed by atoms with Crippen molar-refractivity contribution in [2.75, 3.05) is 5.32 Å². The lowest BCUT2D eigenvalue weighted by Gasteiger charge is -2.05. The molecule has 0 aliphatic carbocycles. The van der Waals surface area contributed by atoms with E-state index in [9.17, 15) is 4.79 Å². The third kappa shape index (κ3) is 4.84. The molecule has 1 aromatic carbocycles. The molecule has 3 aromatic rings. The largest absolute Gasteiger partial charge is 0.309 e. The molecule has 0 unspecified atom stereocenters. The topological polar surface area (TPSA) is 64.7 Å². The van der Waals surface area contributed by atoms with Crippen LogP contribution in [0.5, 0.6) is 0 Å². The van der Waals surface area contributed by atoms with Crippen LogP contribution in [0.2, 0.25) is 10.0 Å². The summed E-state index contributed by atoms with van der Waals surface area (Å²) in [6.45, 7) is 2.99. The Kier molecular flexibility index (Phi) is 5.40. The van der Waals surface area contributed by atoms with E-state index in [2.05, 4.69) is 15.5 Å². The summed E-state index contributed by atoms with van der Waals surface area (Å²) in [4.78, 5) is 12.1. The van der Waals surface area contributed by atoms with Crippen molar-refractivity contribution in [1.29, 1.82) is 0 Å². The van der Waals surface area contributed by atoms with Gasteiger partial charge in [0.15, 0.2) is 5.82 Å². The van der Waals surface area contributed by atoms with Gasteiger partial charge in [-0.3, -0.25) is 14.2 Å². The van der Waals surface area contributed by atoms with Crippen molar-refractivity contribution in [2.24, 2.45) is 0 Å². The van der Waals surface area contributed by atoms with Crippen molar-refractivity contribution in [2.45, 2.75) is 26.4 Å². The fourth-order valence-corrected chi connectivity index (χ4v) is 2.79.